The SMILES string of the molecule is Cc1cnc(N)c(C(C)CC(C)N)c1. The molecule has 0 aliphatic rings. The molecular weight excluding hydrogens is 174 g/mol. The smallest absolute Gasteiger partial charge is 0.126 e. The molecule has 1 heterocycles. The number of rotatable bonds is 3. The quantitative estimate of drug-likeness (QED) is 0.769. The first kappa shape index (κ1) is 11.0. The summed E-state index contributed by atoms with van der Waals surface area (Å²) in [6.45, 7) is 6.17. The summed E-state index contributed by atoms with van der Waals surface area (Å²) in [4.78, 5) is 4.14. The summed E-state index contributed by atoms with van der Waals surface area (Å²) >= 11 is 0. The fourth-order valence-electron chi connectivity index (χ4n) is 1.68. The number of aromatic nitrogens is 1. The summed E-state index contributed by atoms with van der Waals surface area (Å²) in [7, 11) is 0. The molecule has 0 saturated carbocycles. The predicted octanol–water partition coefficient (Wildman–Crippen LogP) is 1.81. The van der Waals surface area contributed by atoms with Crippen molar-refractivity contribution in [2.75, 3.05) is 5.73 Å². The van der Waals surface area contributed by atoms with E-state index in [2.05, 4.69) is 18.0 Å². The number of hydrogen-bond donors (Lipinski definition) is 2. The van der Waals surface area contributed by atoms with E-state index in [0.29, 0.717) is 11.7 Å². The molecule has 3 heteroatoms. The molecule has 0 bridgehead atoms. The molecule has 0 aliphatic carbocycles. The lowest BCUT2D eigenvalue weighted by atomic mass is 9.94. The van der Waals surface area contributed by atoms with E-state index in [0.717, 1.165) is 17.5 Å². The Morgan fingerprint density at radius 3 is 2.64 bits per heavy atom. The molecule has 0 aliphatic heterocycles. The van der Waals surface area contributed by atoms with E-state index >= 15 is 0 Å². The molecule has 1 aromatic rings. The third-order valence-electron chi connectivity index (χ3n) is 2.34. The standard InChI is InChI=1S/C11H19N3/c1-7-4-10(11(13)14-6-7)8(2)5-9(3)12/h4,6,8-9H,5,12H2,1-3H3,(H2,13,14). The van der Waals surface area contributed by atoms with Crippen LogP contribution in [0.4, 0.5) is 5.82 Å². The van der Waals surface area contributed by atoms with E-state index in [1.165, 1.54) is 0 Å². The second-order valence-corrected chi connectivity index (χ2v) is 4.10. The molecule has 78 valence electrons. The first-order valence-electron chi connectivity index (χ1n) is 4.98. The summed E-state index contributed by atoms with van der Waals surface area (Å²) < 4.78 is 0. The third kappa shape index (κ3) is 2.70. The van der Waals surface area contributed by atoms with Gasteiger partial charge in [0.25, 0.3) is 0 Å². The zero-order valence-corrected chi connectivity index (χ0v) is 9.12. The largest absolute Gasteiger partial charge is 0.383 e. The summed E-state index contributed by atoms with van der Waals surface area (Å²) in [6, 6.07) is 2.29. The van der Waals surface area contributed by atoms with Crippen molar-refractivity contribution >= 4 is 5.82 Å². The predicted molar refractivity (Wildman–Crippen MR) is 60.1 cm³/mol. The van der Waals surface area contributed by atoms with E-state index < -0.39 is 0 Å². The summed E-state index contributed by atoms with van der Waals surface area (Å²) in [5, 5.41) is 0. The second kappa shape index (κ2) is 4.42. The van der Waals surface area contributed by atoms with Crippen molar-refractivity contribution in [2.45, 2.75) is 39.2 Å². The maximum absolute atomic E-state index is 5.81. The minimum Gasteiger partial charge on any atom is -0.383 e. The van der Waals surface area contributed by atoms with E-state index in [4.69, 9.17) is 11.5 Å². The highest BCUT2D eigenvalue weighted by Crippen LogP contribution is 2.24. The van der Waals surface area contributed by atoms with Crippen LogP contribution in [0, 0.1) is 6.92 Å². The highest BCUT2D eigenvalue weighted by Gasteiger charge is 2.11. The Labute approximate surface area is 85.5 Å². The molecule has 0 aromatic carbocycles. The summed E-state index contributed by atoms with van der Waals surface area (Å²) in [5.74, 6) is 1.01. The van der Waals surface area contributed by atoms with Gasteiger partial charge < -0.3 is 11.5 Å². The average Bonchev–Trinajstić information content (AvgIpc) is 2.08. The molecule has 2 unspecified atom stereocenters. The van der Waals surface area contributed by atoms with Crippen LogP contribution in [0.5, 0.6) is 0 Å². The van der Waals surface area contributed by atoms with Crippen LogP contribution in [-0.4, -0.2) is 11.0 Å². The van der Waals surface area contributed by atoms with Crippen molar-refractivity contribution in [1.82, 2.24) is 4.98 Å². The molecule has 0 radical (unpaired) electrons. The van der Waals surface area contributed by atoms with Gasteiger partial charge in [0.2, 0.25) is 0 Å². The van der Waals surface area contributed by atoms with Crippen molar-refractivity contribution in [3.8, 4) is 0 Å². The minimum absolute atomic E-state index is 0.199. The normalized spacial score (nSPS) is 15.1. The van der Waals surface area contributed by atoms with E-state index in [9.17, 15) is 0 Å². The molecule has 14 heavy (non-hydrogen) atoms. The second-order valence-electron chi connectivity index (χ2n) is 4.10. The first-order chi connectivity index (χ1) is 6.50. The minimum atomic E-state index is 0.199. The lowest BCUT2D eigenvalue weighted by Crippen LogP contribution is -2.18. The zero-order valence-electron chi connectivity index (χ0n) is 9.12. The third-order valence-corrected chi connectivity index (χ3v) is 2.34. The molecule has 1 aromatic heterocycles. The maximum Gasteiger partial charge on any atom is 0.126 e. The van der Waals surface area contributed by atoms with Crippen molar-refractivity contribution in [3.63, 3.8) is 0 Å². The maximum atomic E-state index is 5.81. The van der Waals surface area contributed by atoms with Crippen molar-refractivity contribution in [2.24, 2.45) is 5.73 Å². The molecule has 0 amide bonds. The van der Waals surface area contributed by atoms with E-state index in [1.54, 1.807) is 6.20 Å². The van der Waals surface area contributed by atoms with Crippen molar-refractivity contribution in [3.05, 3.63) is 23.4 Å². The Morgan fingerprint density at radius 1 is 1.43 bits per heavy atom. The molecule has 4 N–H and O–H groups in total. The summed E-state index contributed by atoms with van der Waals surface area (Å²) in [5.41, 5.74) is 13.8. The van der Waals surface area contributed by atoms with Gasteiger partial charge in [-0.1, -0.05) is 13.0 Å². The Balaban J connectivity index is 2.88. The van der Waals surface area contributed by atoms with Crippen LogP contribution >= 0.6 is 0 Å². The van der Waals surface area contributed by atoms with Gasteiger partial charge in [-0.3, -0.25) is 0 Å². The lowest BCUT2D eigenvalue weighted by Gasteiger charge is -2.16. The van der Waals surface area contributed by atoms with Crippen LogP contribution in [-0.2, 0) is 0 Å². The molecule has 0 saturated heterocycles. The number of aryl methyl sites for hydroxylation is 1. The Bertz CT molecular complexity index is 307. The van der Waals surface area contributed by atoms with Gasteiger partial charge in [0.05, 0.1) is 0 Å². The van der Waals surface area contributed by atoms with E-state index in [1.807, 2.05) is 13.8 Å². The Kier molecular flexibility index (Phi) is 3.47. The van der Waals surface area contributed by atoms with Gasteiger partial charge in [-0.05, 0) is 37.3 Å². The van der Waals surface area contributed by atoms with Crippen LogP contribution in [0.2, 0.25) is 0 Å². The fourth-order valence-corrected chi connectivity index (χ4v) is 1.68. The molecule has 0 spiro atoms. The first-order valence-corrected chi connectivity index (χ1v) is 4.98. The number of hydrogen-bond acceptors (Lipinski definition) is 3. The van der Waals surface area contributed by atoms with Crippen LogP contribution in [0.1, 0.15) is 37.3 Å². The molecule has 0 fully saturated rings. The fraction of sp³-hybridized carbons (Fsp3) is 0.545. The van der Waals surface area contributed by atoms with Crippen molar-refractivity contribution in [1.29, 1.82) is 0 Å². The highest BCUT2D eigenvalue weighted by molar-refractivity contribution is 5.42. The molecular formula is C11H19N3. The van der Waals surface area contributed by atoms with Gasteiger partial charge >= 0.3 is 0 Å². The highest BCUT2D eigenvalue weighted by atomic mass is 14.8. The van der Waals surface area contributed by atoms with Gasteiger partial charge in [-0.15, -0.1) is 0 Å². The Morgan fingerprint density at radius 2 is 2.07 bits per heavy atom. The monoisotopic (exact) mass is 193 g/mol. The lowest BCUT2D eigenvalue weighted by molar-refractivity contribution is 0.586. The van der Waals surface area contributed by atoms with Gasteiger partial charge in [0.15, 0.2) is 0 Å². The number of pyridine rings is 1. The van der Waals surface area contributed by atoms with Crippen LogP contribution in [0.15, 0.2) is 12.3 Å². The zero-order chi connectivity index (χ0) is 10.7. The number of nitrogens with two attached hydrogens (primary N) is 2. The average molecular weight is 193 g/mol. The number of nitrogens with zero attached hydrogens (tertiary/aromatic N) is 1. The summed E-state index contributed by atoms with van der Waals surface area (Å²) in [6.07, 6.45) is 2.73. The Hall–Kier alpha value is -1.09. The number of nitrogen functional groups attached to an aromatic ring is 1. The van der Waals surface area contributed by atoms with Gasteiger partial charge in [0.1, 0.15) is 5.82 Å². The van der Waals surface area contributed by atoms with Crippen LogP contribution in [0.3, 0.4) is 0 Å². The van der Waals surface area contributed by atoms with Crippen LogP contribution in [0.25, 0.3) is 0 Å². The molecule has 2 atom stereocenters. The molecule has 3 nitrogen and oxygen atoms in total. The topological polar surface area (TPSA) is 64.9 Å². The van der Waals surface area contributed by atoms with E-state index in [-0.39, 0.29) is 6.04 Å². The van der Waals surface area contributed by atoms with Crippen LogP contribution < -0.4 is 11.5 Å². The van der Waals surface area contributed by atoms with Gasteiger partial charge in [0, 0.05) is 12.2 Å². The van der Waals surface area contributed by atoms with Gasteiger partial charge in [-0.2, -0.15) is 0 Å². The number of anilines is 1. The van der Waals surface area contributed by atoms with Gasteiger partial charge in [-0.25, -0.2) is 4.98 Å². The molecule has 1 rings (SSSR count). The van der Waals surface area contributed by atoms with Crippen molar-refractivity contribution < 1.29 is 0 Å².